The average Bonchev–Trinajstić information content (AvgIpc) is 3.11. The predicted octanol–water partition coefficient (Wildman–Crippen LogP) is 3.58. The maximum Gasteiger partial charge on any atom is 0.199 e. The van der Waals surface area contributed by atoms with Gasteiger partial charge in [-0.2, -0.15) is 0 Å². The third-order valence-corrected chi connectivity index (χ3v) is 4.53. The van der Waals surface area contributed by atoms with Crippen LogP contribution in [-0.2, 0) is 4.84 Å². The molecule has 1 aromatic heterocycles. The van der Waals surface area contributed by atoms with Gasteiger partial charge < -0.3 is 25.8 Å². The Kier molecular flexibility index (Phi) is 5.41. The molecule has 4 rings (SSSR count). The van der Waals surface area contributed by atoms with Gasteiger partial charge in [0.2, 0.25) is 0 Å². The lowest BCUT2D eigenvalue weighted by atomic mass is 10.0. The van der Waals surface area contributed by atoms with E-state index in [1.807, 2.05) is 18.2 Å². The molecule has 0 aliphatic carbocycles. The third kappa shape index (κ3) is 3.39. The van der Waals surface area contributed by atoms with Crippen molar-refractivity contribution >= 4 is 56.4 Å². The van der Waals surface area contributed by atoms with Crippen molar-refractivity contribution in [3.8, 4) is 11.6 Å². The second-order valence-corrected chi connectivity index (χ2v) is 6.68. The van der Waals surface area contributed by atoms with Crippen LogP contribution in [0.5, 0.6) is 11.6 Å². The van der Waals surface area contributed by atoms with E-state index in [0.29, 0.717) is 34.8 Å². The number of rotatable bonds is 4. The highest BCUT2D eigenvalue weighted by Gasteiger charge is 2.29. The van der Waals surface area contributed by atoms with Gasteiger partial charge in [0.05, 0.1) is 11.3 Å². The van der Waals surface area contributed by atoms with Crippen molar-refractivity contribution in [2.45, 2.75) is 0 Å². The molecule has 3 aromatic rings. The van der Waals surface area contributed by atoms with E-state index < -0.39 is 0 Å². The Morgan fingerprint density at radius 2 is 2.00 bits per heavy atom. The fourth-order valence-electron chi connectivity index (χ4n) is 2.93. The summed E-state index contributed by atoms with van der Waals surface area (Å²) in [5.74, 6) is 0.0815. The van der Waals surface area contributed by atoms with Crippen molar-refractivity contribution in [2.24, 2.45) is 15.9 Å². The van der Waals surface area contributed by atoms with Crippen molar-refractivity contribution in [1.82, 2.24) is 4.98 Å². The van der Waals surface area contributed by atoms with E-state index in [1.165, 1.54) is 0 Å². The van der Waals surface area contributed by atoms with Crippen LogP contribution in [0.1, 0.15) is 11.1 Å². The molecule has 7 nitrogen and oxygen atoms in total. The van der Waals surface area contributed by atoms with Crippen molar-refractivity contribution < 1.29 is 15.1 Å². The molecule has 27 heavy (non-hydrogen) atoms. The standard InChI is InChI=1S/C18H15BrN4O3.ClH/c19-9-1-3-13-11(7-9)15(18(25)22-13)17-16(23-26-6-5-20)12-8-10(24)2-4-14(12)21-17;/h1-4,7-8,22,24-25H,5-6,20H2;1H/b23-16+;. The van der Waals surface area contributed by atoms with E-state index in [-0.39, 0.29) is 30.6 Å². The van der Waals surface area contributed by atoms with E-state index in [4.69, 9.17) is 10.6 Å². The molecule has 1 aliphatic rings. The summed E-state index contributed by atoms with van der Waals surface area (Å²) in [7, 11) is 0. The topological polar surface area (TPSA) is 116 Å². The molecular weight excluding hydrogens is 436 g/mol. The van der Waals surface area contributed by atoms with Gasteiger partial charge in [-0.05, 0) is 36.4 Å². The second-order valence-electron chi connectivity index (χ2n) is 5.76. The first-order valence-corrected chi connectivity index (χ1v) is 8.71. The average molecular weight is 452 g/mol. The summed E-state index contributed by atoms with van der Waals surface area (Å²) in [6.07, 6.45) is 0. The Labute approximate surface area is 169 Å². The molecule has 0 bridgehead atoms. The highest BCUT2D eigenvalue weighted by molar-refractivity contribution is 9.10. The highest BCUT2D eigenvalue weighted by atomic mass is 79.9. The van der Waals surface area contributed by atoms with Gasteiger partial charge in [-0.1, -0.05) is 21.1 Å². The minimum Gasteiger partial charge on any atom is -0.508 e. The van der Waals surface area contributed by atoms with E-state index in [0.717, 1.165) is 15.4 Å². The number of nitrogens with one attached hydrogen (secondary N) is 1. The lowest BCUT2D eigenvalue weighted by Gasteiger charge is -2.05. The Morgan fingerprint density at radius 1 is 1.19 bits per heavy atom. The van der Waals surface area contributed by atoms with Crippen LogP contribution in [-0.4, -0.2) is 39.8 Å². The summed E-state index contributed by atoms with van der Waals surface area (Å²) in [5, 5.41) is 25.3. The number of aromatic hydroxyl groups is 2. The first kappa shape index (κ1) is 19.2. The fraction of sp³-hybridized carbons (Fsp3) is 0.111. The molecule has 0 atom stereocenters. The molecule has 2 heterocycles. The van der Waals surface area contributed by atoms with Gasteiger partial charge in [-0.3, -0.25) is 0 Å². The Bertz CT molecular complexity index is 1080. The SMILES string of the molecule is Cl.NCCO/N=C1/C(c2c(O)[nH]c3ccc(Br)cc23)=Nc2ccc(O)cc21. The Morgan fingerprint density at radius 3 is 2.78 bits per heavy atom. The zero-order chi connectivity index (χ0) is 18.3. The van der Waals surface area contributed by atoms with Gasteiger partial charge in [0.25, 0.3) is 0 Å². The van der Waals surface area contributed by atoms with Gasteiger partial charge in [0, 0.05) is 27.5 Å². The number of phenols is 1. The van der Waals surface area contributed by atoms with Gasteiger partial charge in [0.15, 0.2) is 5.88 Å². The number of aromatic amines is 1. The summed E-state index contributed by atoms with van der Waals surface area (Å²) in [5.41, 5.74) is 8.91. The highest BCUT2D eigenvalue weighted by Crippen LogP contribution is 2.37. The molecule has 1 aliphatic heterocycles. The smallest absolute Gasteiger partial charge is 0.199 e. The van der Waals surface area contributed by atoms with Gasteiger partial charge >= 0.3 is 0 Å². The Balaban J connectivity index is 0.00000210. The third-order valence-electron chi connectivity index (χ3n) is 4.03. The number of H-pyrrole nitrogens is 1. The summed E-state index contributed by atoms with van der Waals surface area (Å²) in [4.78, 5) is 12.8. The number of halogens is 2. The molecule has 0 saturated carbocycles. The normalized spacial score (nSPS) is 14.1. The summed E-state index contributed by atoms with van der Waals surface area (Å²) in [6, 6.07) is 10.4. The quantitative estimate of drug-likeness (QED) is 0.358. The number of nitrogens with two attached hydrogens (primary N) is 1. The van der Waals surface area contributed by atoms with Crippen molar-refractivity contribution in [2.75, 3.05) is 13.2 Å². The lowest BCUT2D eigenvalue weighted by molar-refractivity contribution is 0.153. The fourth-order valence-corrected chi connectivity index (χ4v) is 3.29. The molecule has 9 heteroatoms. The molecule has 140 valence electrons. The number of oxime groups is 1. The van der Waals surface area contributed by atoms with Crippen LogP contribution in [0.3, 0.4) is 0 Å². The number of aromatic nitrogens is 1. The van der Waals surface area contributed by atoms with Crippen LogP contribution in [0.25, 0.3) is 10.9 Å². The molecule has 5 N–H and O–H groups in total. The number of aliphatic imine (C=N–C) groups is 1. The van der Waals surface area contributed by atoms with Crippen LogP contribution >= 0.6 is 28.3 Å². The van der Waals surface area contributed by atoms with Gasteiger partial charge in [-0.25, -0.2) is 4.99 Å². The van der Waals surface area contributed by atoms with Crippen LogP contribution in [0.2, 0.25) is 0 Å². The zero-order valence-corrected chi connectivity index (χ0v) is 16.3. The van der Waals surface area contributed by atoms with Crippen molar-refractivity contribution in [3.63, 3.8) is 0 Å². The van der Waals surface area contributed by atoms with Crippen LogP contribution in [0.15, 0.2) is 51.0 Å². The largest absolute Gasteiger partial charge is 0.508 e. The Hall–Kier alpha value is -2.55. The van der Waals surface area contributed by atoms with Crippen LogP contribution in [0, 0.1) is 0 Å². The number of hydrogen-bond acceptors (Lipinski definition) is 6. The van der Waals surface area contributed by atoms with Crippen molar-refractivity contribution in [1.29, 1.82) is 0 Å². The van der Waals surface area contributed by atoms with Crippen LogP contribution in [0.4, 0.5) is 5.69 Å². The lowest BCUT2D eigenvalue weighted by Crippen LogP contribution is -2.15. The number of benzene rings is 2. The number of fused-ring (bicyclic) bond motifs is 2. The summed E-state index contributed by atoms with van der Waals surface area (Å²) in [6.45, 7) is 0.567. The van der Waals surface area contributed by atoms with Gasteiger partial charge in [0.1, 0.15) is 23.8 Å². The number of phenolic OH excluding ortho intramolecular Hbond substituents is 1. The number of hydrogen-bond donors (Lipinski definition) is 4. The van der Waals surface area contributed by atoms with Gasteiger partial charge in [-0.15, -0.1) is 12.4 Å². The van der Waals surface area contributed by atoms with E-state index >= 15 is 0 Å². The molecular formula is C18H16BrClN4O3. The molecule has 2 aromatic carbocycles. The minimum atomic E-state index is -0.0135. The zero-order valence-electron chi connectivity index (χ0n) is 13.9. The van der Waals surface area contributed by atoms with Crippen LogP contribution < -0.4 is 5.73 Å². The molecule has 0 amide bonds. The monoisotopic (exact) mass is 450 g/mol. The molecule has 0 saturated heterocycles. The number of nitrogens with zero attached hydrogens (tertiary/aromatic N) is 2. The maximum atomic E-state index is 10.5. The van der Waals surface area contributed by atoms with E-state index in [2.05, 4.69) is 31.1 Å². The first-order chi connectivity index (χ1) is 12.6. The van der Waals surface area contributed by atoms with Crippen molar-refractivity contribution in [3.05, 3.63) is 52.0 Å². The molecule has 0 radical (unpaired) electrons. The minimum absolute atomic E-state index is 0. The van der Waals surface area contributed by atoms with E-state index in [9.17, 15) is 10.2 Å². The second kappa shape index (κ2) is 7.59. The molecule has 0 fully saturated rings. The summed E-state index contributed by atoms with van der Waals surface area (Å²) >= 11 is 3.45. The van der Waals surface area contributed by atoms with E-state index in [1.54, 1.807) is 18.2 Å². The molecule has 0 spiro atoms. The maximum absolute atomic E-state index is 10.5. The molecule has 0 unspecified atom stereocenters. The summed E-state index contributed by atoms with van der Waals surface area (Å²) < 4.78 is 0.872. The predicted molar refractivity (Wildman–Crippen MR) is 111 cm³/mol. The first-order valence-electron chi connectivity index (χ1n) is 7.91.